The molecule has 1 aromatic heterocycles. The molecule has 0 amide bonds. The van der Waals surface area contributed by atoms with Crippen molar-refractivity contribution in [3.63, 3.8) is 0 Å². The zero-order chi connectivity index (χ0) is 12.5. The van der Waals surface area contributed by atoms with Crippen LogP contribution < -0.4 is 16.6 Å². The van der Waals surface area contributed by atoms with Gasteiger partial charge in [0.05, 0.1) is 0 Å². The number of rotatable bonds is 2. The van der Waals surface area contributed by atoms with Crippen LogP contribution in [0.2, 0.25) is 0 Å². The molecular formula is C13H14N4O. The van der Waals surface area contributed by atoms with E-state index in [1.54, 1.807) is 0 Å². The normalized spacial score (nSPS) is 13.3. The van der Waals surface area contributed by atoms with Crippen LogP contribution in [0, 0.1) is 0 Å². The van der Waals surface area contributed by atoms with E-state index in [9.17, 15) is 4.79 Å². The molecule has 2 aromatic rings. The van der Waals surface area contributed by atoms with Gasteiger partial charge in [0.15, 0.2) is 0 Å². The third kappa shape index (κ3) is 2.07. The number of hydrogen-bond donors (Lipinski definition) is 3. The highest BCUT2D eigenvalue weighted by atomic mass is 16.1. The Morgan fingerprint density at radius 1 is 1.22 bits per heavy atom. The minimum Gasteiger partial charge on any atom is -0.369 e. The molecule has 0 saturated carbocycles. The van der Waals surface area contributed by atoms with Gasteiger partial charge in [0.2, 0.25) is 5.95 Å². The van der Waals surface area contributed by atoms with Crippen molar-refractivity contribution >= 4 is 17.5 Å². The number of hydrogen-bond acceptors (Lipinski definition) is 4. The molecule has 18 heavy (non-hydrogen) atoms. The third-order valence-corrected chi connectivity index (χ3v) is 3.13. The van der Waals surface area contributed by atoms with Crippen LogP contribution in [-0.4, -0.2) is 9.97 Å². The van der Waals surface area contributed by atoms with Gasteiger partial charge in [-0.2, -0.15) is 4.98 Å². The summed E-state index contributed by atoms with van der Waals surface area (Å²) in [5.41, 5.74) is 8.97. The first kappa shape index (κ1) is 10.8. The van der Waals surface area contributed by atoms with Crippen molar-refractivity contribution in [2.75, 3.05) is 11.1 Å². The van der Waals surface area contributed by atoms with Crippen molar-refractivity contribution in [1.82, 2.24) is 9.97 Å². The Hall–Kier alpha value is -2.30. The molecule has 0 unspecified atom stereocenters. The lowest BCUT2D eigenvalue weighted by molar-refractivity contribution is 0.912. The van der Waals surface area contributed by atoms with Crippen molar-refractivity contribution < 1.29 is 0 Å². The molecule has 1 heterocycles. The predicted molar refractivity (Wildman–Crippen MR) is 71.0 cm³/mol. The molecule has 92 valence electrons. The van der Waals surface area contributed by atoms with E-state index in [2.05, 4.69) is 27.4 Å². The summed E-state index contributed by atoms with van der Waals surface area (Å²) in [5, 5.41) is 3.10. The standard InChI is InChI=1S/C13H14N4O/c14-13-16-11(7-12(18)17-13)15-10-5-4-8-2-1-3-9(8)6-10/h4-7H,1-3H2,(H4,14,15,16,17,18). The summed E-state index contributed by atoms with van der Waals surface area (Å²) < 4.78 is 0. The maximum Gasteiger partial charge on any atom is 0.254 e. The van der Waals surface area contributed by atoms with E-state index in [0.29, 0.717) is 5.82 Å². The predicted octanol–water partition coefficient (Wildman–Crippen LogP) is 1.58. The molecule has 5 heteroatoms. The molecule has 1 aromatic carbocycles. The topological polar surface area (TPSA) is 83.8 Å². The van der Waals surface area contributed by atoms with Crippen LogP contribution in [0.3, 0.4) is 0 Å². The fraction of sp³-hybridized carbons (Fsp3) is 0.231. The van der Waals surface area contributed by atoms with E-state index in [0.717, 1.165) is 18.5 Å². The summed E-state index contributed by atoms with van der Waals surface area (Å²) in [6, 6.07) is 7.63. The average Bonchev–Trinajstić information content (AvgIpc) is 2.74. The highest BCUT2D eigenvalue weighted by Gasteiger charge is 2.11. The second kappa shape index (κ2) is 4.18. The van der Waals surface area contributed by atoms with Crippen LogP contribution in [-0.2, 0) is 12.8 Å². The minimum atomic E-state index is -0.258. The molecule has 0 atom stereocenters. The van der Waals surface area contributed by atoms with Crippen LogP contribution in [0.1, 0.15) is 17.5 Å². The number of fused-ring (bicyclic) bond motifs is 1. The Balaban J connectivity index is 1.90. The van der Waals surface area contributed by atoms with Gasteiger partial charge in [0.25, 0.3) is 5.56 Å². The lowest BCUT2D eigenvalue weighted by Gasteiger charge is -2.07. The fourth-order valence-electron chi connectivity index (χ4n) is 2.34. The number of nitrogen functional groups attached to an aromatic ring is 1. The molecule has 0 bridgehead atoms. The Labute approximate surface area is 104 Å². The molecule has 0 aliphatic heterocycles. The molecule has 4 N–H and O–H groups in total. The molecule has 3 rings (SSSR count). The van der Waals surface area contributed by atoms with Crippen LogP contribution >= 0.6 is 0 Å². The van der Waals surface area contributed by atoms with Crippen molar-refractivity contribution in [2.24, 2.45) is 0 Å². The van der Waals surface area contributed by atoms with Gasteiger partial charge >= 0.3 is 0 Å². The Bertz CT molecular complexity index is 648. The second-order valence-electron chi connectivity index (χ2n) is 4.48. The SMILES string of the molecule is Nc1nc(Nc2ccc3c(c2)CCC3)cc(=O)[nH]1. The molecule has 0 spiro atoms. The molecule has 0 fully saturated rings. The van der Waals surface area contributed by atoms with Crippen LogP contribution in [0.4, 0.5) is 17.5 Å². The minimum absolute atomic E-state index is 0.117. The highest BCUT2D eigenvalue weighted by molar-refractivity contribution is 5.59. The number of anilines is 3. The van der Waals surface area contributed by atoms with E-state index in [4.69, 9.17) is 5.73 Å². The van der Waals surface area contributed by atoms with Gasteiger partial charge in [-0.1, -0.05) is 6.07 Å². The zero-order valence-corrected chi connectivity index (χ0v) is 9.86. The maximum atomic E-state index is 11.3. The smallest absolute Gasteiger partial charge is 0.254 e. The molecular weight excluding hydrogens is 228 g/mol. The van der Waals surface area contributed by atoms with Gasteiger partial charge in [0, 0.05) is 11.8 Å². The van der Waals surface area contributed by atoms with E-state index < -0.39 is 0 Å². The van der Waals surface area contributed by atoms with E-state index in [-0.39, 0.29) is 11.5 Å². The van der Waals surface area contributed by atoms with Crippen molar-refractivity contribution in [3.05, 3.63) is 45.7 Å². The summed E-state index contributed by atoms with van der Waals surface area (Å²) in [6.07, 6.45) is 3.50. The fourth-order valence-corrected chi connectivity index (χ4v) is 2.34. The lowest BCUT2D eigenvalue weighted by Crippen LogP contribution is -2.11. The Morgan fingerprint density at radius 3 is 2.89 bits per heavy atom. The molecule has 0 saturated heterocycles. The van der Waals surface area contributed by atoms with Crippen molar-refractivity contribution in [3.8, 4) is 0 Å². The number of benzene rings is 1. The van der Waals surface area contributed by atoms with Gasteiger partial charge in [-0.25, -0.2) is 0 Å². The van der Waals surface area contributed by atoms with Gasteiger partial charge in [-0.15, -0.1) is 0 Å². The van der Waals surface area contributed by atoms with Crippen LogP contribution in [0.15, 0.2) is 29.1 Å². The average molecular weight is 242 g/mol. The van der Waals surface area contributed by atoms with E-state index in [1.807, 2.05) is 6.07 Å². The third-order valence-electron chi connectivity index (χ3n) is 3.13. The maximum absolute atomic E-state index is 11.3. The van der Waals surface area contributed by atoms with Gasteiger partial charge in [-0.3, -0.25) is 9.78 Å². The van der Waals surface area contributed by atoms with E-state index >= 15 is 0 Å². The Kier molecular flexibility index (Phi) is 2.51. The lowest BCUT2D eigenvalue weighted by atomic mass is 10.1. The quantitative estimate of drug-likeness (QED) is 0.746. The second-order valence-corrected chi connectivity index (χ2v) is 4.48. The number of nitrogens with zero attached hydrogens (tertiary/aromatic N) is 1. The largest absolute Gasteiger partial charge is 0.369 e. The molecule has 5 nitrogen and oxygen atoms in total. The van der Waals surface area contributed by atoms with Crippen LogP contribution in [0.25, 0.3) is 0 Å². The van der Waals surface area contributed by atoms with Crippen molar-refractivity contribution in [2.45, 2.75) is 19.3 Å². The number of nitrogens with one attached hydrogen (secondary N) is 2. The summed E-state index contributed by atoms with van der Waals surface area (Å²) in [5.74, 6) is 0.584. The van der Waals surface area contributed by atoms with Gasteiger partial charge < -0.3 is 11.1 Å². The summed E-state index contributed by atoms with van der Waals surface area (Å²) >= 11 is 0. The number of aryl methyl sites for hydroxylation is 2. The number of aromatic amines is 1. The first-order valence-electron chi connectivity index (χ1n) is 5.96. The number of H-pyrrole nitrogens is 1. The summed E-state index contributed by atoms with van der Waals surface area (Å²) in [6.45, 7) is 0. The number of nitrogens with two attached hydrogens (primary N) is 1. The first-order chi connectivity index (χ1) is 8.70. The Morgan fingerprint density at radius 2 is 2.06 bits per heavy atom. The molecule has 0 radical (unpaired) electrons. The van der Waals surface area contributed by atoms with Gasteiger partial charge in [0.1, 0.15) is 5.82 Å². The number of aromatic nitrogens is 2. The summed E-state index contributed by atoms with van der Waals surface area (Å²) in [4.78, 5) is 17.7. The van der Waals surface area contributed by atoms with Gasteiger partial charge in [-0.05, 0) is 42.5 Å². The van der Waals surface area contributed by atoms with Crippen molar-refractivity contribution in [1.29, 1.82) is 0 Å². The molecule has 1 aliphatic carbocycles. The monoisotopic (exact) mass is 242 g/mol. The summed E-state index contributed by atoms with van der Waals surface area (Å²) in [7, 11) is 0. The van der Waals surface area contributed by atoms with E-state index in [1.165, 1.54) is 23.6 Å². The highest BCUT2D eigenvalue weighted by Crippen LogP contribution is 2.26. The van der Waals surface area contributed by atoms with Crippen LogP contribution in [0.5, 0.6) is 0 Å². The zero-order valence-electron chi connectivity index (χ0n) is 9.86. The first-order valence-corrected chi connectivity index (χ1v) is 5.96. The molecule has 1 aliphatic rings.